The first-order chi connectivity index (χ1) is 4.79. The third-order valence-corrected chi connectivity index (χ3v) is 9.05. The molecule has 0 aromatic rings. The summed E-state index contributed by atoms with van der Waals surface area (Å²) in [5, 5.41) is 0. The van der Waals surface area contributed by atoms with E-state index in [0.29, 0.717) is 0 Å². The summed E-state index contributed by atoms with van der Waals surface area (Å²) < 4.78 is 5.41. The number of epoxide rings is 1. The van der Waals surface area contributed by atoms with Crippen LogP contribution < -0.4 is 0 Å². The number of hydrogen-bond acceptors (Lipinski definition) is 1. The van der Waals surface area contributed by atoms with E-state index in [2.05, 4.69) is 20.8 Å². The van der Waals surface area contributed by atoms with Gasteiger partial charge in [-0.2, -0.15) is 0 Å². The molecule has 0 aromatic carbocycles. The Balaban J connectivity index is 2.52. The lowest BCUT2D eigenvalue weighted by Gasteiger charge is -2.25. The molecule has 0 aliphatic carbocycles. The van der Waals surface area contributed by atoms with Gasteiger partial charge in [0.2, 0.25) is 0 Å². The van der Waals surface area contributed by atoms with E-state index in [0.717, 1.165) is 12.3 Å². The minimum Gasteiger partial charge on any atom is -0.377 e. The van der Waals surface area contributed by atoms with Gasteiger partial charge in [-0.05, 0) is 0 Å². The summed E-state index contributed by atoms with van der Waals surface area (Å²) in [6.45, 7) is 8.07. The number of rotatable bonds is 4. The zero-order chi connectivity index (χ0) is 7.61. The van der Waals surface area contributed by atoms with Crippen molar-refractivity contribution in [3.05, 3.63) is 0 Å². The largest absolute Gasteiger partial charge is 0.377 e. The molecular formula is C8H18OSi. The minimum atomic E-state index is -0.906. The van der Waals surface area contributed by atoms with Crippen molar-refractivity contribution in [2.45, 2.75) is 44.6 Å². The standard InChI is InChI=1S/C8H18OSi/c1-4-10(5-2,6-3)8-7-9-8/h8H,4-7H2,1-3H3/t8-/m1/s1. The maximum Gasteiger partial charge on any atom is 0.0898 e. The molecule has 0 amide bonds. The third-order valence-electron chi connectivity index (χ3n) is 3.13. The summed E-state index contributed by atoms with van der Waals surface area (Å²) in [6, 6.07) is 4.22. The predicted molar refractivity (Wildman–Crippen MR) is 46.9 cm³/mol. The molecule has 1 heterocycles. The van der Waals surface area contributed by atoms with Crippen LogP contribution in [0.4, 0.5) is 0 Å². The van der Waals surface area contributed by atoms with Crippen molar-refractivity contribution in [2.24, 2.45) is 0 Å². The van der Waals surface area contributed by atoms with Crippen molar-refractivity contribution in [1.82, 2.24) is 0 Å². The molecule has 0 aromatic heterocycles. The van der Waals surface area contributed by atoms with Crippen molar-refractivity contribution in [1.29, 1.82) is 0 Å². The van der Waals surface area contributed by atoms with Crippen molar-refractivity contribution in [2.75, 3.05) is 6.61 Å². The molecule has 0 saturated carbocycles. The summed E-state index contributed by atoms with van der Waals surface area (Å²) >= 11 is 0. The highest BCUT2D eigenvalue weighted by Crippen LogP contribution is 2.32. The van der Waals surface area contributed by atoms with Crippen molar-refractivity contribution < 1.29 is 4.74 Å². The molecule has 0 radical (unpaired) electrons. The lowest BCUT2D eigenvalue weighted by Crippen LogP contribution is -2.38. The highest BCUT2D eigenvalue weighted by Gasteiger charge is 2.44. The van der Waals surface area contributed by atoms with Gasteiger partial charge >= 0.3 is 0 Å². The van der Waals surface area contributed by atoms with Crippen LogP contribution in [0.15, 0.2) is 0 Å². The second-order valence-electron chi connectivity index (χ2n) is 3.25. The third kappa shape index (κ3) is 1.27. The predicted octanol–water partition coefficient (Wildman–Crippen LogP) is 2.43. The highest BCUT2D eigenvalue weighted by molar-refractivity contribution is 6.81. The fourth-order valence-corrected chi connectivity index (χ4v) is 5.50. The summed E-state index contributed by atoms with van der Waals surface area (Å²) in [7, 11) is -0.906. The van der Waals surface area contributed by atoms with Gasteiger partial charge in [0.05, 0.1) is 20.4 Å². The lowest BCUT2D eigenvalue weighted by molar-refractivity contribution is 0.447. The van der Waals surface area contributed by atoms with E-state index in [4.69, 9.17) is 4.74 Å². The fourth-order valence-electron chi connectivity index (χ4n) is 1.83. The molecule has 2 heteroatoms. The molecule has 1 rings (SSSR count). The molecule has 1 aliphatic rings. The van der Waals surface area contributed by atoms with Gasteiger partial charge in [0.15, 0.2) is 0 Å². The number of hydrogen-bond donors (Lipinski definition) is 0. The SMILES string of the molecule is CC[Si](CC)(CC)[C@@H]1CO1. The first kappa shape index (κ1) is 8.28. The Labute approximate surface area is 64.8 Å². The molecule has 0 unspecified atom stereocenters. The molecule has 10 heavy (non-hydrogen) atoms. The Morgan fingerprint density at radius 2 is 1.60 bits per heavy atom. The average Bonchev–Trinajstić information content (AvgIpc) is 2.77. The van der Waals surface area contributed by atoms with Crippen molar-refractivity contribution >= 4 is 8.07 Å². The Morgan fingerprint density at radius 3 is 1.70 bits per heavy atom. The van der Waals surface area contributed by atoms with E-state index in [1.807, 2.05) is 0 Å². The second-order valence-corrected chi connectivity index (χ2v) is 8.74. The van der Waals surface area contributed by atoms with E-state index in [1.165, 1.54) is 18.1 Å². The van der Waals surface area contributed by atoms with Crippen LogP contribution in [0.5, 0.6) is 0 Å². The van der Waals surface area contributed by atoms with Gasteiger partial charge in [-0.25, -0.2) is 0 Å². The fraction of sp³-hybridized carbons (Fsp3) is 1.00. The molecule has 0 bridgehead atoms. The van der Waals surface area contributed by atoms with Gasteiger partial charge in [0.1, 0.15) is 0 Å². The normalized spacial score (nSPS) is 24.9. The Hall–Kier alpha value is 0.177. The van der Waals surface area contributed by atoms with Crippen LogP contribution in [0.1, 0.15) is 20.8 Å². The average molecular weight is 158 g/mol. The molecular weight excluding hydrogens is 140 g/mol. The molecule has 1 aliphatic heterocycles. The van der Waals surface area contributed by atoms with Gasteiger partial charge in [-0.3, -0.25) is 0 Å². The molecule has 0 spiro atoms. The van der Waals surface area contributed by atoms with Crippen molar-refractivity contribution in [3.8, 4) is 0 Å². The van der Waals surface area contributed by atoms with Crippen LogP contribution in [-0.4, -0.2) is 20.4 Å². The van der Waals surface area contributed by atoms with E-state index in [9.17, 15) is 0 Å². The maximum atomic E-state index is 5.41. The smallest absolute Gasteiger partial charge is 0.0898 e. The van der Waals surface area contributed by atoms with Gasteiger partial charge in [-0.15, -0.1) is 0 Å². The Kier molecular flexibility index (Phi) is 2.53. The summed E-state index contributed by atoms with van der Waals surface area (Å²) in [5.41, 5.74) is 0.729. The van der Waals surface area contributed by atoms with Gasteiger partial charge in [-0.1, -0.05) is 38.9 Å². The first-order valence-electron chi connectivity index (χ1n) is 4.40. The molecule has 0 N–H and O–H groups in total. The lowest BCUT2D eigenvalue weighted by atomic mass is 10.9. The van der Waals surface area contributed by atoms with Gasteiger partial charge in [0.25, 0.3) is 0 Å². The van der Waals surface area contributed by atoms with Crippen LogP contribution in [0, 0.1) is 0 Å². The van der Waals surface area contributed by atoms with Crippen molar-refractivity contribution in [3.63, 3.8) is 0 Å². The van der Waals surface area contributed by atoms with Crippen LogP contribution in [0.25, 0.3) is 0 Å². The maximum absolute atomic E-state index is 5.41. The quantitative estimate of drug-likeness (QED) is 0.452. The Morgan fingerprint density at radius 1 is 1.20 bits per heavy atom. The van der Waals surface area contributed by atoms with Crippen LogP contribution in [0.3, 0.4) is 0 Å². The van der Waals surface area contributed by atoms with Crippen LogP contribution in [0.2, 0.25) is 18.1 Å². The highest BCUT2D eigenvalue weighted by atomic mass is 28.3. The van der Waals surface area contributed by atoms with E-state index in [1.54, 1.807) is 0 Å². The number of ether oxygens (including phenoxy) is 1. The summed E-state index contributed by atoms with van der Waals surface area (Å²) in [6.07, 6.45) is 0. The zero-order valence-electron chi connectivity index (χ0n) is 7.31. The summed E-state index contributed by atoms with van der Waals surface area (Å²) in [5.74, 6) is 0. The van der Waals surface area contributed by atoms with Crippen LogP contribution >= 0.6 is 0 Å². The van der Waals surface area contributed by atoms with E-state index >= 15 is 0 Å². The monoisotopic (exact) mass is 158 g/mol. The molecule has 1 saturated heterocycles. The molecule has 1 nitrogen and oxygen atoms in total. The van der Waals surface area contributed by atoms with E-state index in [-0.39, 0.29) is 0 Å². The molecule has 1 atom stereocenters. The zero-order valence-corrected chi connectivity index (χ0v) is 8.31. The van der Waals surface area contributed by atoms with Crippen LogP contribution in [-0.2, 0) is 4.74 Å². The Bertz CT molecular complexity index is 97.6. The topological polar surface area (TPSA) is 12.5 Å². The van der Waals surface area contributed by atoms with Gasteiger partial charge < -0.3 is 4.74 Å². The molecule has 1 fully saturated rings. The summed E-state index contributed by atoms with van der Waals surface area (Å²) in [4.78, 5) is 0. The van der Waals surface area contributed by atoms with Gasteiger partial charge in [0, 0.05) is 0 Å². The second kappa shape index (κ2) is 3.05. The first-order valence-corrected chi connectivity index (χ1v) is 7.10. The minimum absolute atomic E-state index is 0.729. The molecule has 60 valence electrons. The van der Waals surface area contributed by atoms with E-state index < -0.39 is 8.07 Å².